The second-order valence-electron chi connectivity index (χ2n) is 4.27. The molecule has 98 valence electrons. The van der Waals surface area contributed by atoms with Crippen LogP contribution in [0.15, 0.2) is 24.3 Å². The molecule has 0 saturated heterocycles. The number of carboxylic acids is 1. The predicted molar refractivity (Wildman–Crippen MR) is 69.7 cm³/mol. The van der Waals surface area contributed by atoms with Crippen molar-refractivity contribution in [1.29, 1.82) is 0 Å². The molecule has 0 heterocycles. The van der Waals surface area contributed by atoms with E-state index >= 15 is 0 Å². The minimum absolute atomic E-state index is 0.0666. The molecular formula is C14H19NO3. The highest BCUT2D eigenvalue weighted by Crippen LogP contribution is 2.08. The van der Waals surface area contributed by atoms with Crippen molar-refractivity contribution in [2.45, 2.75) is 26.2 Å². The van der Waals surface area contributed by atoms with E-state index in [1.165, 1.54) is 5.56 Å². The molecule has 1 aromatic carbocycles. The van der Waals surface area contributed by atoms with Gasteiger partial charge < -0.3 is 10.0 Å². The Morgan fingerprint density at radius 1 is 1.22 bits per heavy atom. The van der Waals surface area contributed by atoms with Gasteiger partial charge in [-0.3, -0.25) is 9.59 Å². The number of amides is 1. The van der Waals surface area contributed by atoms with Crippen LogP contribution in [0.1, 0.15) is 35.7 Å². The molecule has 0 bridgehead atoms. The first-order valence-corrected chi connectivity index (χ1v) is 6.10. The summed E-state index contributed by atoms with van der Waals surface area (Å²) in [5, 5.41) is 8.54. The standard InChI is InChI=1S/C14H19NO3/c1-3-11-6-8-12(9-7-11)14(18)15(2)10-4-5-13(16)17/h6-9H,3-5,10H2,1-2H3,(H,16,17). The summed E-state index contributed by atoms with van der Waals surface area (Å²) in [6.07, 6.45) is 1.51. The van der Waals surface area contributed by atoms with Gasteiger partial charge in [-0.15, -0.1) is 0 Å². The van der Waals surface area contributed by atoms with Crippen LogP contribution in [0.4, 0.5) is 0 Å². The maximum atomic E-state index is 12.0. The van der Waals surface area contributed by atoms with Crippen LogP contribution in [-0.2, 0) is 11.2 Å². The number of nitrogens with zero attached hydrogens (tertiary/aromatic N) is 1. The second kappa shape index (κ2) is 6.79. The molecule has 0 unspecified atom stereocenters. The second-order valence-corrected chi connectivity index (χ2v) is 4.27. The number of aryl methyl sites for hydroxylation is 1. The van der Waals surface area contributed by atoms with Crippen molar-refractivity contribution >= 4 is 11.9 Å². The highest BCUT2D eigenvalue weighted by Gasteiger charge is 2.11. The number of carboxylic acid groups (broad SMARTS) is 1. The van der Waals surface area contributed by atoms with Gasteiger partial charge in [-0.1, -0.05) is 19.1 Å². The Kier molecular flexibility index (Phi) is 5.36. The number of carbonyl (C=O) groups excluding carboxylic acids is 1. The summed E-state index contributed by atoms with van der Waals surface area (Å²) in [4.78, 5) is 23.9. The van der Waals surface area contributed by atoms with Gasteiger partial charge in [-0.2, -0.15) is 0 Å². The lowest BCUT2D eigenvalue weighted by Gasteiger charge is -2.16. The number of hydrogen-bond donors (Lipinski definition) is 1. The van der Waals surface area contributed by atoms with Gasteiger partial charge in [0.05, 0.1) is 0 Å². The maximum absolute atomic E-state index is 12.0. The molecule has 0 aliphatic heterocycles. The van der Waals surface area contributed by atoms with Gasteiger partial charge in [0.25, 0.3) is 5.91 Å². The molecule has 0 aliphatic carbocycles. The average molecular weight is 249 g/mol. The van der Waals surface area contributed by atoms with E-state index in [1.54, 1.807) is 11.9 Å². The number of rotatable bonds is 6. The highest BCUT2D eigenvalue weighted by atomic mass is 16.4. The highest BCUT2D eigenvalue weighted by molar-refractivity contribution is 5.94. The fourth-order valence-corrected chi connectivity index (χ4v) is 1.67. The molecule has 0 atom stereocenters. The van der Waals surface area contributed by atoms with Crippen molar-refractivity contribution in [2.24, 2.45) is 0 Å². The molecule has 0 fully saturated rings. The molecule has 1 aromatic rings. The third kappa shape index (κ3) is 4.20. The third-order valence-corrected chi connectivity index (χ3v) is 2.84. The van der Waals surface area contributed by atoms with E-state index in [2.05, 4.69) is 6.92 Å². The molecule has 0 aliphatic rings. The van der Waals surface area contributed by atoms with Crippen LogP contribution in [0.25, 0.3) is 0 Å². The summed E-state index contributed by atoms with van der Waals surface area (Å²) in [5.41, 5.74) is 1.84. The molecule has 4 heteroatoms. The number of carbonyl (C=O) groups is 2. The average Bonchev–Trinajstić information content (AvgIpc) is 2.37. The molecule has 0 aromatic heterocycles. The van der Waals surface area contributed by atoms with E-state index in [1.807, 2.05) is 24.3 Å². The normalized spacial score (nSPS) is 10.1. The Hall–Kier alpha value is -1.84. The van der Waals surface area contributed by atoms with Crippen LogP contribution in [0, 0.1) is 0 Å². The molecule has 4 nitrogen and oxygen atoms in total. The zero-order valence-corrected chi connectivity index (χ0v) is 10.8. The first kappa shape index (κ1) is 14.2. The van der Waals surface area contributed by atoms with Gasteiger partial charge in [0.15, 0.2) is 0 Å². The van der Waals surface area contributed by atoms with E-state index < -0.39 is 5.97 Å². The lowest BCUT2D eigenvalue weighted by Crippen LogP contribution is -2.28. The number of aliphatic carboxylic acids is 1. The summed E-state index contributed by atoms with van der Waals surface area (Å²) in [6.45, 7) is 2.52. The fraction of sp³-hybridized carbons (Fsp3) is 0.429. The largest absolute Gasteiger partial charge is 0.481 e. The van der Waals surface area contributed by atoms with Gasteiger partial charge in [0, 0.05) is 25.6 Å². The van der Waals surface area contributed by atoms with Gasteiger partial charge in [0.2, 0.25) is 0 Å². The first-order valence-electron chi connectivity index (χ1n) is 6.10. The maximum Gasteiger partial charge on any atom is 0.303 e. The molecule has 0 saturated carbocycles. The molecule has 1 N–H and O–H groups in total. The summed E-state index contributed by atoms with van der Waals surface area (Å²) < 4.78 is 0. The van der Waals surface area contributed by atoms with Crippen LogP contribution in [0.3, 0.4) is 0 Å². The summed E-state index contributed by atoms with van der Waals surface area (Å²) in [7, 11) is 1.69. The van der Waals surface area contributed by atoms with Crippen LogP contribution in [0.2, 0.25) is 0 Å². The van der Waals surface area contributed by atoms with Crippen molar-refractivity contribution in [3.05, 3.63) is 35.4 Å². The predicted octanol–water partition coefficient (Wildman–Crippen LogP) is 2.19. The Bertz CT molecular complexity index is 412. The zero-order valence-electron chi connectivity index (χ0n) is 10.8. The Labute approximate surface area is 107 Å². The van der Waals surface area contributed by atoms with Crippen LogP contribution in [0.5, 0.6) is 0 Å². The minimum atomic E-state index is -0.830. The van der Waals surface area contributed by atoms with Gasteiger partial charge in [-0.25, -0.2) is 0 Å². The van der Waals surface area contributed by atoms with Crippen LogP contribution in [-0.4, -0.2) is 35.5 Å². The SMILES string of the molecule is CCc1ccc(C(=O)N(C)CCCC(=O)O)cc1. The topological polar surface area (TPSA) is 57.6 Å². The third-order valence-electron chi connectivity index (χ3n) is 2.84. The summed E-state index contributed by atoms with van der Waals surface area (Å²) in [5.74, 6) is -0.897. The molecule has 18 heavy (non-hydrogen) atoms. The summed E-state index contributed by atoms with van der Waals surface area (Å²) in [6, 6.07) is 7.51. The van der Waals surface area contributed by atoms with Crippen molar-refractivity contribution in [3.63, 3.8) is 0 Å². The van der Waals surface area contributed by atoms with Crippen molar-refractivity contribution < 1.29 is 14.7 Å². The first-order chi connectivity index (χ1) is 8.54. The zero-order chi connectivity index (χ0) is 13.5. The number of hydrogen-bond acceptors (Lipinski definition) is 2. The monoisotopic (exact) mass is 249 g/mol. The van der Waals surface area contributed by atoms with Gasteiger partial charge >= 0.3 is 5.97 Å². The van der Waals surface area contributed by atoms with E-state index in [-0.39, 0.29) is 12.3 Å². The van der Waals surface area contributed by atoms with Gasteiger partial charge in [0.1, 0.15) is 0 Å². The molecule has 1 rings (SSSR count). The van der Waals surface area contributed by atoms with E-state index in [0.29, 0.717) is 18.5 Å². The molecule has 0 spiro atoms. The lowest BCUT2D eigenvalue weighted by atomic mass is 10.1. The van der Waals surface area contributed by atoms with E-state index in [0.717, 1.165) is 6.42 Å². The minimum Gasteiger partial charge on any atom is -0.481 e. The Morgan fingerprint density at radius 2 is 1.83 bits per heavy atom. The Morgan fingerprint density at radius 3 is 2.33 bits per heavy atom. The van der Waals surface area contributed by atoms with Crippen molar-refractivity contribution in [1.82, 2.24) is 4.90 Å². The van der Waals surface area contributed by atoms with Crippen LogP contribution >= 0.6 is 0 Å². The van der Waals surface area contributed by atoms with Gasteiger partial charge in [-0.05, 0) is 30.5 Å². The van der Waals surface area contributed by atoms with E-state index in [9.17, 15) is 9.59 Å². The van der Waals surface area contributed by atoms with Crippen molar-refractivity contribution in [2.75, 3.05) is 13.6 Å². The number of benzene rings is 1. The summed E-state index contributed by atoms with van der Waals surface area (Å²) >= 11 is 0. The molecule has 0 radical (unpaired) electrons. The molecular weight excluding hydrogens is 230 g/mol. The van der Waals surface area contributed by atoms with Crippen molar-refractivity contribution in [3.8, 4) is 0 Å². The smallest absolute Gasteiger partial charge is 0.303 e. The lowest BCUT2D eigenvalue weighted by molar-refractivity contribution is -0.137. The quantitative estimate of drug-likeness (QED) is 0.840. The van der Waals surface area contributed by atoms with Crippen LogP contribution < -0.4 is 0 Å². The Balaban J connectivity index is 2.54. The fourth-order valence-electron chi connectivity index (χ4n) is 1.67. The molecule has 1 amide bonds. The van der Waals surface area contributed by atoms with E-state index in [4.69, 9.17) is 5.11 Å².